The van der Waals surface area contributed by atoms with Crippen LogP contribution in [0, 0.1) is 47.3 Å². The number of cyclic esters (lactones) is 4. The van der Waals surface area contributed by atoms with Crippen molar-refractivity contribution in [3.63, 3.8) is 0 Å². The summed E-state index contributed by atoms with van der Waals surface area (Å²) in [5.74, 6) is -1.73. The van der Waals surface area contributed by atoms with Gasteiger partial charge in [0, 0.05) is 0 Å². The summed E-state index contributed by atoms with van der Waals surface area (Å²) >= 11 is 0. The Morgan fingerprint density at radius 1 is 0.612 bits per heavy atom. The van der Waals surface area contributed by atoms with Gasteiger partial charge in [-0.05, 0) is 86.5 Å². The quantitative estimate of drug-likeness (QED) is 0.122. The van der Waals surface area contributed by atoms with E-state index in [-0.39, 0.29) is 103 Å². The fraction of sp³-hybridized carbons (Fsp3) is 0.404. The van der Waals surface area contributed by atoms with Crippen LogP contribution in [0.2, 0.25) is 0 Å². The minimum absolute atomic E-state index is 0. The molecule has 10 nitrogen and oxygen atoms in total. The molecule has 2 saturated carbocycles. The Balaban J connectivity index is 0.000000161. The van der Waals surface area contributed by atoms with Crippen LogP contribution in [0.15, 0.2) is 158 Å². The Kier molecular flexibility index (Phi) is 19.3. The lowest BCUT2D eigenvalue weighted by molar-refractivity contribution is -0.156. The van der Waals surface area contributed by atoms with Crippen LogP contribution in [0.5, 0.6) is 0 Å². The van der Waals surface area contributed by atoms with E-state index in [4.69, 9.17) is 23.7 Å². The molecule has 8 aliphatic rings. The number of hydrogen-bond acceptors (Lipinski definition) is 10. The zero-order valence-corrected chi connectivity index (χ0v) is 38.6. The first kappa shape index (κ1) is 52.2. The standard InChI is InChI=1S/C17H16O3.C12H18O2.C10H14O2.C9H8O3.C8H8.CH4/c1-2-12-10-13(9-8-11-6-4-3-5-7-11)15-14(12)16(18)20-17(15)19;1-9(2)7-13-11-5-6-12(11)14-8-10(3)4;1-7-3-9(11-5-7)10-4-8(2)6-12-10;10-8-6-4-1-2-5(3-4)7(6)9(11)12-8;1-2-8-6-4-3-5-7-8;/h2-9,12-15H,1,10H2;5-6,11-12H,1,3,7-8H2,2,4H3;3-4,9-10H,5-6H2,1-2H3;1-2,4-7H,3H2;2-7H,1H2;1H4/b9-8+;;;;;/t12?,13?,14-,15?;11-,12+;9-,10+;4?,5?,6-,7?;;/m0..0../s1. The van der Waals surface area contributed by atoms with Gasteiger partial charge >= 0.3 is 23.9 Å². The number of benzene rings is 2. The molecule has 4 fully saturated rings. The molecule has 0 radical (unpaired) electrons. The molecule has 6 unspecified atom stereocenters. The van der Waals surface area contributed by atoms with E-state index >= 15 is 0 Å². The second-order valence-corrected chi connectivity index (χ2v) is 18.1. The Morgan fingerprint density at radius 2 is 1.04 bits per heavy atom. The molecule has 2 bridgehead atoms. The highest BCUT2D eigenvalue weighted by Gasteiger charge is 2.58. The lowest BCUT2D eigenvalue weighted by Crippen LogP contribution is -2.36. The Hall–Kier alpha value is -5.78. The Labute approximate surface area is 397 Å². The van der Waals surface area contributed by atoms with Gasteiger partial charge in [0.2, 0.25) is 0 Å². The van der Waals surface area contributed by atoms with Crippen molar-refractivity contribution in [2.75, 3.05) is 26.4 Å². The molecule has 0 spiro atoms. The molecule has 67 heavy (non-hydrogen) atoms. The highest BCUT2D eigenvalue weighted by molar-refractivity contribution is 5.98. The number of carbonyl (C=O) groups excluding carboxylic acids is 4. The maximum atomic E-state index is 11.8. The minimum atomic E-state index is -0.388. The molecule has 0 amide bonds. The molecule has 356 valence electrons. The van der Waals surface area contributed by atoms with E-state index in [1.54, 1.807) is 6.08 Å². The van der Waals surface area contributed by atoms with Crippen LogP contribution in [0.1, 0.15) is 59.1 Å². The maximum Gasteiger partial charge on any atom is 0.318 e. The van der Waals surface area contributed by atoms with Crippen molar-refractivity contribution in [3.05, 3.63) is 169 Å². The van der Waals surface area contributed by atoms with E-state index in [1.165, 1.54) is 16.7 Å². The second-order valence-electron chi connectivity index (χ2n) is 18.1. The van der Waals surface area contributed by atoms with Crippen molar-refractivity contribution in [1.29, 1.82) is 0 Å². The zero-order chi connectivity index (χ0) is 47.3. The molecular formula is C57H68O10. The van der Waals surface area contributed by atoms with Crippen LogP contribution in [0.3, 0.4) is 0 Å². The van der Waals surface area contributed by atoms with Gasteiger partial charge in [0.15, 0.2) is 0 Å². The predicted octanol–water partition coefficient (Wildman–Crippen LogP) is 10.5. The van der Waals surface area contributed by atoms with Gasteiger partial charge in [-0.1, -0.05) is 160 Å². The van der Waals surface area contributed by atoms with Crippen molar-refractivity contribution >= 4 is 36.0 Å². The SMILES string of the molecule is C.C=C(C)CO[C@H]1C=C[C@H]1OCC(=C)C.C=CC1CC(/C=C/c2ccccc2)C2C(=O)OC(=O)[C@@H]12.C=Cc1ccccc1.CC1=C[C@@H]([C@H]2C=C(C)CO2)OC1.O=C1OC(=O)[C@H]2C3C=CC(C3)C12. The van der Waals surface area contributed by atoms with Gasteiger partial charge in [0.25, 0.3) is 0 Å². The van der Waals surface area contributed by atoms with Gasteiger partial charge in [0.1, 0.15) is 24.4 Å². The summed E-state index contributed by atoms with van der Waals surface area (Å²) < 4.78 is 31.5. The predicted molar refractivity (Wildman–Crippen MR) is 263 cm³/mol. The summed E-state index contributed by atoms with van der Waals surface area (Å²) in [5.41, 5.74) is 6.94. The van der Waals surface area contributed by atoms with E-state index in [9.17, 15) is 19.2 Å². The average molecular weight is 913 g/mol. The van der Waals surface area contributed by atoms with Crippen molar-refractivity contribution in [2.45, 2.75) is 72.4 Å². The maximum absolute atomic E-state index is 11.8. The van der Waals surface area contributed by atoms with E-state index in [0.29, 0.717) is 13.2 Å². The molecule has 2 aromatic rings. The number of carbonyl (C=O) groups is 4. The van der Waals surface area contributed by atoms with Crippen molar-refractivity contribution in [2.24, 2.45) is 47.3 Å². The molecule has 10 rings (SSSR count). The van der Waals surface area contributed by atoms with Gasteiger partial charge in [-0.15, -0.1) is 6.58 Å². The fourth-order valence-corrected chi connectivity index (χ4v) is 9.21. The third-order valence-corrected chi connectivity index (χ3v) is 12.6. The topological polar surface area (TPSA) is 124 Å². The Morgan fingerprint density at radius 3 is 1.42 bits per heavy atom. The largest absolute Gasteiger partial charge is 0.393 e. The molecule has 4 aliphatic heterocycles. The lowest BCUT2D eigenvalue weighted by atomic mass is 9.85. The summed E-state index contributed by atoms with van der Waals surface area (Å²) in [5, 5.41) is 0. The number of hydrogen-bond donors (Lipinski definition) is 0. The molecule has 0 N–H and O–H groups in total. The summed E-state index contributed by atoms with van der Waals surface area (Å²) in [4.78, 5) is 45.9. The van der Waals surface area contributed by atoms with E-state index < -0.39 is 0 Å². The molecule has 0 aromatic heterocycles. The van der Waals surface area contributed by atoms with Crippen LogP contribution in [0.4, 0.5) is 0 Å². The molecule has 4 aliphatic carbocycles. The smallest absolute Gasteiger partial charge is 0.318 e. The van der Waals surface area contributed by atoms with Gasteiger partial charge in [-0.3, -0.25) is 19.2 Å². The molecule has 2 aromatic carbocycles. The summed E-state index contributed by atoms with van der Waals surface area (Å²) in [6.45, 7) is 25.8. The normalized spacial score (nSPS) is 30.7. The first-order valence-electron chi connectivity index (χ1n) is 22.8. The minimum Gasteiger partial charge on any atom is -0.393 e. The average Bonchev–Trinajstić information content (AvgIpc) is 4.18. The van der Waals surface area contributed by atoms with Gasteiger partial charge in [0.05, 0.1) is 50.1 Å². The zero-order valence-electron chi connectivity index (χ0n) is 38.6. The number of esters is 4. The molecular weight excluding hydrogens is 845 g/mol. The van der Waals surface area contributed by atoms with Crippen molar-refractivity contribution in [3.8, 4) is 0 Å². The number of rotatable bonds is 11. The van der Waals surface area contributed by atoms with Crippen LogP contribution >= 0.6 is 0 Å². The summed E-state index contributed by atoms with van der Waals surface area (Å²) in [6, 6.07) is 19.9. The van der Waals surface area contributed by atoms with Crippen LogP contribution in [-0.2, 0) is 47.6 Å². The van der Waals surface area contributed by atoms with Gasteiger partial charge < -0.3 is 28.4 Å². The third-order valence-electron chi connectivity index (χ3n) is 12.6. The third kappa shape index (κ3) is 13.9. The van der Waals surface area contributed by atoms with Gasteiger partial charge in [-0.2, -0.15) is 0 Å². The summed E-state index contributed by atoms with van der Waals surface area (Å²) in [7, 11) is 0. The van der Waals surface area contributed by atoms with Crippen molar-refractivity contribution < 1.29 is 47.6 Å². The van der Waals surface area contributed by atoms with Gasteiger partial charge in [-0.25, -0.2) is 0 Å². The first-order valence-corrected chi connectivity index (χ1v) is 22.8. The van der Waals surface area contributed by atoms with E-state index in [0.717, 1.165) is 42.8 Å². The number of allylic oxidation sites excluding steroid dienone is 4. The monoisotopic (exact) mass is 912 g/mol. The highest BCUT2D eigenvalue weighted by atomic mass is 16.6. The van der Waals surface area contributed by atoms with E-state index in [2.05, 4.69) is 57.1 Å². The highest BCUT2D eigenvalue weighted by Crippen LogP contribution is 2.52. The molecule has 4 heterocycles. The molecule has 2 saturated heterocycles. The number of fused-ring (bicyclic) bond motifs is 6. The lowest BCUT2D eigenvalue weighted by Gasteiger charge is -2.29. The fourth-order valence-electron chi connectivity index (χ4n) is 9.21. The van der Waals surface area contributed by atoms with Crippen LogP contribution < -0.4 is 0 Å². The first-order chi connectivity index (χ1) is 31.8. The number of ether oxygens (including phenoxy) is 6. The second kappa shape index (κ2) is 24.8. The molecule has 10 heteroatoms. The van der Waals surface area contributed by atoms with Crippen LogP contribution in [0.25, 0.3) is 12.2 Å². The van der Waals surface area contributed by atoms with Crippen molar-refractivity contribution in [1.82, 2.24) is 0 Å². The van der Waals surface area contributed by atoms with Crippen LogP contribution in [-0.4, -0.2) is 74.7 Å². The van der Waals surface area contributed by atoms with E-state index in [1.807, 2.05) is 117 Å². The summed E-state index contributed by atoms with van der Waals surface area (Å²) in [6.07, 6.45) is 22.3. The molecule has 12 atom stereocenters. The Bertz CT molecular complexity index is 2170.